The minimum Gasteiger partial charge on any atom is -0.444 e. The summed E-state index contributed by atoms with van der Waals surface area (Å²) in [6, 6.07) is 0. The first kappa shape index (κ1) is 17.3. The van der Waals surface area contributed by atoms with E-state index >= 15 is 0 Å². The normalized spacial score (nSPS) is 10.2. The van der Waals surface area contributed by atoms with E-state index in [1.807, 2.05) is 0 Å². The summed E-state index contributed by atoms with van der Waals surface area (Å²) >= 11 is 0. The van der Waals surface area contributed by atoms with Gasteiger partial charge in [-0.05, 0) is 6.42 Å². The van der Waals surface area contributed by atoms with Crippen LogP contribution in [0.15, 0.2) is 0 Å². The average molecular weight is 254 g/mol. The fourth-order valence-electron chi connectivity index (χ4n) is 1.95. The predicted octanol–water partition coefficient (Wildman–Crippen LogP) is 4.53. The summed E-state index contributed by atoms with van der Waals surface area (Å²) in [6.07, 6.45) is 20.7. The van der Waals surface area contributed by atoms with Crippen LogP contribution in [0.2, 0.25) is 0 Å². The molecule has 0 amide bonds. The highest BCUT2D eigenvalue weighted by atomic mass is 16.5. The van der Waals surface area contributed by atoms with Gasteiger partial charge in [-0.2, -0.15) is 0 Å². The smallest absolute Gasteiger partial charge is 0.123 e. The van der Waals surface area contributed by atoms with Gasteiger partial charge in [0.25, 0.3) is 0 Å². The zero-order valence-electron chi connectivity index (χ0n) is 12.1. The first-order chi connectivity index (χ1) is 8.91. The average Bonchev–Trinajstić information content (AvgIpc) is 2.39. The lowest BCUT2D eigenvalue weighted by Gasteiger charge is -2.04. The second-order valence-electron chi connectivity index (χ2n) is 4.76. The lowest BCUT2D eigenvalue weighted by molar-refractivity contribution is 0.0884. The van der Waals surface area contributed by atoms with Gasteiger partial charge in [-0.15, -0.1) is 0 Å². The fourth-order valence-corrected chi connectivity index (χ4v) is 1.95. The molecule has 0 heterocycles. The maximum Gasteiger partial charge on any atom is 0.123 e. The molecule has 0 radical (unpaired) electrons. The molecule has 0 unspecified atom stereocenters. The molecular formula is C16H30O2. The van der Waals surface area contributed by atoms with Gasteiger partial charge in [-0.1, -0.05) is 71.1 Å². The molecule has 0 aromatic heterocycles. The van der Waals surface area contributed by atoms with Crippen molar-refractivity contribution >= 4 is 0 Å². The van der Waals surface area contributed by atoms with E-state index in [0.717, 1.165) is 13.0 Å². The maximum absolute atomic E-state index is 5.39. The van der Waals surface area contributed by atoms with Crippen LogP contribution >= 0.6 is 0 Å². The van der Waals surface area contributed by atoms with Gasteiger partial charge in [0.2, 0.25) is 0 Å². The molecule has 0 bridgehead atoms. The first-order valence-corrected chi connectivity index (χ1v) is 7.57. The van der Waals surface area contributed by atoms with Crippen molar-refractivity contribution in [3.8, 4) is 12.5 Å². The van der Waals surface area contributed by atoms with Crippen LogP contribution in [0.1, 0.15) is 71.1 Å². The minimum atomic E-state index is 0.508. The van der Waals surface area contributed by atoms with E-state index in [4.69, 9.17) is 15.9 Å². The van der Waals surface area contributed by atoms with Gasteiger partial charge in [-0.3, -0.25) is 0 Å². The third-order valence-corrected chi connectivity index (χ3v) is 3.06. The number of hydrogen-bond acceptors (Lipinski definition) is 2. The standard InChI is InChI=1S/C16H30O2/c1-3-5-6-7-8-9-10-11-12-13-14-18-16-15-17-4-2/h2H,3,5-16H2,1H3. The molecule has 0 aliphatic rings. The maximum atomic E-state index is 5.39. The highest BCUT2D eigenvalue weighted by molar-refractivity contribution is 4.67. The van der Waals surface area contributed by atoms with Gasteiger partial charge >= 0.3 is 0 Å². The molecule has 0 aliphatic heterocycles. The Morgan fingerprint density at radius 1 is 0.722 bits per heavy atom. The van der Waals surface area contributed by atoms with Crippen LogP contribution in [0.3, 0.4) is 0 Å². The van der Waals surface area contributed by atoms with Crippen molar-refractivity contribution < 1.29 is 9.47 Å². The van der Waals surface area contributed by atoms with Gasteiger partial charge in [-0.25, -0.2) is 0 Å². The van der Waals surface area contributed by atoms with E-state index in [1.54, 1.807) is 0 Å². The van der Waals surface area contributed by atoms with Crippen molar-refractivity contribution in [2.75, 3.05) is 19.8 Å². The number of unbranched alkanes of at least 4 members (excludes halogenated alkanes) is 9. The van der Waals surface area contributed by atoms with Crippen LogP contribution in [-0.4, -0.2) is 19.8 Å². The van der Waals surface area contributed by atoms with Crippen molar-refractivity contribution in [1.82, 2.24) is 0 Å². The Bertz CT molecular complexity index is 184. The van der Waals surface area contributed by atoms with Crippen LogP contribution in [0.5, 0.6) is 0 Å². The molecule has 0 aromatic carbocycles. The molecule has 0 saturated carbocycles. The SMILES string of the molecule is C#COCCOCCCCCCCCCCCC. The van der Waals surface area contributed by atoms with Gasteiger partial charge in [0.15, 0.2) is 0 Å². The summed E-state index contributed by atoms with van der Waals surface area (Å²) in [5.41, 5.74) is 0. The zero-order valence-corrected chi connectivity index (χ0v) is 12.1. The van der Waals surface area contributed by atoms with E-state index < -0.39 is 0 Å². The van der Waals surface area contributed by atoms with Crippen molar-refractivity contribution in [3.63, 3.8) is 0 Å². The Hall–Kier alpha value is -0.680. The van der Waals surface area contributed by atoms with Crippen molar-refractivity contribution in [1.29, 1.82) is 0 Å². The largest absolute Gasteiger partial charge is 0.444 e. The molecule has 0 fully saturated rings. The van der Waals surface area contributed by atoms with E-state index in [1.165, 1.54) is 57.8 Å². The van der Waals surface area contributed by atoms with Crippen LogP contribution < -0.4 is 0 Å². The lowest BCUT2D eigenvalue weighted by atomic mass is 10.1. The Morgan fingerprint density at radius 3 is 1.83 bits per heavy atom. The summed E-state index contributed by atoms with van der Waals surface area (Å²) in [4.78, 5) is 0. The molecule has 0 aromatic rings. The van der Waals surface area contributed by atoms with Crippen LogP contribution in [0.4, 0.5) is 0 Å². The Labute approximate surface area is 113 Å². The molecule has 0 saturated heterocycles. The van der Waals surface area contributed by atoms with E-state index in [0.29, 0.717) is 13.2 Å². The van der Waals surface area contributed by atoms with Crippen molar-refractivity contribution in [3.05, 3.63) is 0 Å². The third kappa shape index (κ3) is 15.3. The molecular weight excluding hydrogens is 224 g/mol. The van der Waals surface area contributed by atoms with Gasteiger partial charge in [0, 0.05) is 6.61 Å². The van der Waals surface area contributed by atoms with E-state index in [9.17, 15) is 0 Å². The van der Waals surface area contributed by atoms with Gasteiger partial charge in [0.1, 0.15) is 12.7 Å². The molecule has 18 heavy (non-hydrogen) atoms. The fraction of sp³-hybridized carbons (Fsp3) is 0.875. The number of rotatable bonds is 14. The molecule has 0 atom stereocenters. The van der Waals surface area contributed by atoms with Crippen LogP contribution in [0.25, 0.3) is 0 Å². The molecule has 2 heteroatoms. The summed E-state index contributed by atoms with van der Waals surface area (Å²) in [5, 5.41) is 0. The molecule has 106 valence electrons. The number of terminal acetylenes is 1. The van der Waals surface area contributed by atoms with Crippen LogP contribution in [0, 0.1) is 12.5 Å². The topological polar surface area (TPSA) is 18.5 Å². The second kappa shape index (κ2) is 16.3. The minimum absolute atomic E-state index is 0.508. The molecule has 0 rings (SSSR count). The van der Waals surface area contributed by atoms with Gasteiger partial charge < -0.3 is 9.47 Å². The number of ether oxygens (including phenoxy) is 2. The predicted molar refractivity (Wildman–Crippen MR) is 77.4 cm³/mol. The molecule has 2 nitrogen and oxygen atoms in total. The summed E-state index contributed by atoms with van der Waals surface area (Å²) in [7, 11) is 0. The third-order valence-electron chi connectivity index (χ3n) is 3.06. The van der Waals surface area contributed by atoms with E-state index in [2.05, 4.69) is 13.0 Å². The monoisotopic (exact) mass is 254 g/mol. The lowest BCUT2D eigenvalue weighted by Crippen LogP contribution is -2.02. The van der Waals surface area contributed by atoms with Crippen LogP contribution in [-0.2, 0) is 9.47 Å². The highest BCUT2D eigenvalue weighted by Gasteiger charge is 1.93. The van der Waals surface area contributed by atoms with Crippen molar-refractivity contribution in [2.45, 2.75) is 71.1 Å². The van der Waals surface area contributed by atoms with Crippen molar-refractivity contribution in [2.24, 2.45) is 0 Å². The Balaban J connectivity index is 2.89. The Kier molecular flexibility index (Phi) is 15.7. The second-order valence-corrected chi connectivity index (χ2v) is 4.76. The molecule has 0 N–H and O–H groups in total. The van der Waals surface area contributed by atoms with Gasteiger partial charge in [0.05, 0.1) is 6.61 Å². The number of hydrogen-bond donors (Lipinski definition) is 0. The highest BCUT2D eigenvalue weighted by Crippen LogP contribution is 2.10. The Morgan fingerprint density at radius 2 is 1.28 bits per heavy atom. The van der Waals surface area contributed by atoms with E-state index in [-0.39, 0.29) is 0 Å². The zero-order chi connectivity index (χ0) is 13.3. The summed E-state index contributed by atoms with van der Waals surface area (Å²) < 4.78 is 10.1. The quantitative estimate of drug-likeness (QED) is 0.335. The first-order valence-electron chi connectivity index (χ1n) is 7.57. The molecule has 0 aliphatic carbocycles. The molecule has 0 spiro atoms. The summed E-state index contributed by atoms with van der Waals surface area (Å²) in [5.74, 6) is 0. The summed E-state index contributed by atoms with van der Waals surface area (Å²) in [6.45, 7) is 4.22.